The highest BCUT2D eigenvalue weighted by Gasteiger charge is 2.21. The van der Waals surface area contributed by atoms with E-state index in [0.717, 1.165) is 67.2 Å². The van der Waals surface area contributed by atoms with Crippen molar-refractivity contribution in [3.05, 3.63) is 164 Å². The maximum Gasteiger partial charge on any atom is 0.249 e. The maximum atomic E-state index is 6.93. The Bertz CT molecular complexity index is 2990. The Morgan fingerprint density at radius 2 is 1.11 bits per heavy atom. The monoisotopic (exact) mass is 688 g/mol. The van der Waals surface area contributed by atoms with E-state index in [1.807, 2.05) is 6.20 Å². The lowest BCUT2D eigenvalue weighted by Gasteiger charge is -2.20. The number of pyridine rings is 1. The summed E-state index contributed by atoms with van der Waals surface area (Å²) in [6, 6.07) is 51.6. The quantitative estimate of drug-likeness (QED) is 0.169. The predicted molar refractivity (Wildman–Crippen MR) is 216 cm³/mol. The van der Waals surface area contributed by atoms with Crippen molar-refractivity contribution in [2.24, 2.45) is 7.05 Å². The summed E-state index contributed by atoms with van der Waals surface area (Å²) in [7, 11) is 2.09. The van der Waals surface area contributed by atoms with E-state index < -0.39 is 0 Å². The van der Waals surface area contributed by atoms with Gasteiger partial charge < -0.3 is 9.30 Å². The molecule has 0 aliphatic rings. The number of para-hydroxylation sites is 5. The lowest BCUT2D eigenvalue weighted by molar-refractivity contribution is -0.645. The fourth-order valence-corrected chi connectivity index (χ4v) is 7.97. The van der Waals surface area contributed by atoms with E-state index in [0.29, 0.717) is 0 Å². The summed E-state index contributed by atoms with van der Waals surface area (Å²) in [6.45, 7) is 6.71. The van der Waals surface area contributed by atoms with Crippen LogP contribution in [0.3, 0.4) is 0 Å². The van der Waals surface area contributed by atoms with Crippen molar-refractivity contribution < 1.29 is 9.30 Å². The molecule has 4 heterocycles. The SMILES string of the molecule is C[n+]1cn(-c2cc(Oc3ccc4c5ccccc5n(-c5cc(C(C)(C)C)ccn5)c4c3)cc(-n3c4ccccc4c4ccccc43)c2)c2ccccc21. The molecule has 0 fully saturated rings. The first kappa shape index (κ1) is 31.1. The van der Waals surface area contributed by atoms with Gasteiger partial charge in [0.1, 0.15) is 23.0 Å². The number of rotatable bonds is 5. The molecule has 0 unspecified atom stereocenters. The third-order valence-electron chi connectivity index (χ3n) is 10.5. The van der Waals surface area contributed by atoms with Crippen molar-refractivity contribution in [2.75, 3.05) is 0 Å². The van der Waals surface area contributed by atoms with Crippen molar-refractivity contribution in [2.45, 2.75) is 26.2 Å². The van der Waals surface area contributed by atoms with Gasteiger partial charge in [-0.3, -0.25) is 4.57 Å². The lowest BCUT2D eigenvalue weighted by atomic mass is 9.88. The van der Waals surface area contributed by atoms with E-state index >= 15 is 0 Å². The molecule has 10 rings (SSSR count). The molecule has 0 bridgehead atoms. The molecule has 6 aromatic carbocycles. The molecule has 0 N–H and O–H groups in total. The van der Waals surface area contributed by atoms with Gasteiger partial charge in [-0.15, -0.1) is 0 Å². The zero-order chi connectivity index (χ0) is 35.8. The molecule has 0 radical (unpaired) electrons. The Morgan fingerprint density at radius 3 is 1.79 bits per heavy atom. The van der Waals surface area contributed by atoms with Crippen molar-refractivity contribution in [3.63, 3.8) is 0 Å². The van der Waals surface area contributed by atoms with Crippen molar-refractivity contribution in [1.29, 1.82) is 0 Å². The molecule has 53 heavy (non-hydrogen) atoms. The molecule has 0 atom stereocenters. The Morgan fingerprint density at radius 1 is 0.528 bits per heavy atom. The molecular weight excluding hydrogens is 651 g/mol. The first-order valence-corrected chi connectivity index (χ1v) is 18.1. The van der Waals surface area contributed by atoms with Crippen molar-refractivity contribution >= 4 is 54.6 Å². The predicted octanol–water partition coefficient (Wildman–Crippen LogP) is 11.1. The van der Waals surface area contributed by atoms with Gasteiger partial charge in [-0.2, -0.15) is 4.57 Å². The number of imidazole rings is 1. The molecule has 0 aliphatic carbocycles. The van der Waals surface area contributed by atoms with Crippen LogP contribution in [0.1, 0.15) is 26.3 Å². The van der Waals surface area contributed by atoms with Gasteiger partial charge in [0.15, 0.2) is 11.0 Å². The first-order chi connectivity index (χ1) is 25.8. The summed E-state index contributed by atoms with van der Waals surface area (Å²) in [5, 5.41) is 4.77. The Balaban J connectivity index is 1.18. The molecule has 10 aromatic rings. The third kappa shape index (κ3) is 5.01. The summed E-state index contributed by atoms with van der Waals surface area (Å²) in [4.78, 5) is 4.89. The van der Waals surface area contributed by atoms with Gasteiger partial charge >= 0.3 is 0 Å². The molecule has 256 valence electrons. The minimum absolute atomic E-state index is 0.00803. The van der Waals surface area contributed by atoms with Crippen LogP contribution in [0.2, 0.25) is 0 Å². The van der Waals surface area contributed by atoms with Crippen LogP contribution in [-0.4, -0.2) is 18.7 Å². The Hall–Kier alpha value is -6.66. The van der Waals surface area contributed by atoms with E-state index in [1.54, 1.807) is 0 Å². The van der Waals surface area contributed by atoms with Crippen molar-refractivity contribution in [3.8, 4) is 28.7 Å². The zero-order valence-electron chi connectivity index (χ0n) is 30.2. The number of hydrogen-bond donors (Lipinski definition) is 0. The van der Waals surface area contributed by atoms with Crippen LogP contribution in [0, 0.1) is 0 Å². The summed E-state index contributed by atoms with van der Waals surface area (Å²) in [5.41, 5.74) is 9.99. The standard InChI is InChI=1S/C47H38N5O/c1-47(2,3)31-23-24-48-46(25-31)52-42-18-10-7-15-38(42)39-22-21-34(29-45(39)52)53-35-27-32(50-30-49(4)43-19-11-12-20-44(43)50)26-33(28-35)51-40-16-8-5-13-36(40)37-14-6-9-17-41(37)51/h5-30H,1-4H3/q+1. The molecule has 0 spiro atoms. The van der Waals surface area contributed by atoms with Crippen LogP contribution in [-0.2, 0) is 12.5 Å². The highest BCUT2D eigenvalue weighted by molar-refractivity contribution is 6.10. The fourth-order valence-electron chi connectivity index (χ4n) is 7.97. The molecule has 0 aliphatic heterocycles. The number of ether oxygens (including phenoxy) is 1. The molecule has 4 aromatic heterocycles. The molecule has 0 saturated heterocycles. The average molecular weight is 689 g/mol. The van der Waals surface area contributed by atoms with Gasteiger partial charge in [-0.05, 0) is 65.6 Å². The molecule has 0 saturated carbocycles. The molecule has 6 nitrogen and oxygen atoms in total. The van der Waals surface area contributed by atoms with Gasteiger partial charge in [0.25, 0.3) is 0 Å². The topological polar surface area (TPSA) is 40.8 Å². The van der Waals surface area contributed by atoms with E-state index in [9.17, 15) is 0 Å². The highest BCUT2D eigenvalue weighted by atomic mass is 16.5. The number of benzene rings is 6. The van der Waals surface area contributed by atoms with Gasteiger partial charge in [0.05, 0.1) is 34.8 Å². The summed E-state index contributed by atoms with van der Waals surface area (Å²) in [6.07, 6.45) is 4.06. The second-order valence-electron chi connectivity index (χ2n) is 14.9. The lowest BCUT2D eigenvalue weighted by Crippen LogP contribution is -2.25. The van der Waals surface area contributed by atoms with E-state index in [4.69, 9.17) is 9.72 Å². The highest BCUT2D eigenvalue weighted by Crippen LogP contribution is 2.38. The number of fused-ring (bicyclic) bond motifs is 7. The number of aryl methyl sites for hydroxylation is 1. The first-order valence-electron chi connectivity index (χ1n) is 18.1. The average Bonchev–Trinajstić information content (AvgIpc) is 3.81. The molecule has 0 amide bonds. The maximum absolute atomic E-state index is 6.93. The van der Waals surface area contributed by atoms with Gasteiger partial charge in [-0.25, -0.2) is 9.55 Å². The van der Waals surface area contributed by atoms with E-state index in [2.05, 4.69) is 198 Å². The second kappa shape index (κ2) is 11.7. The largest absolute Gasteiger partial charge is 0.457 e. The molecule has 6 heteroatoms. The Labute approximate surface area is 307 Å². The fraction of sp³-hybridized carbons (Fsp3) is 0.106. The number of hydrogen-bond acceptors (Lipinski definition) is 2. The number of aromatic nitrogens is 5. The zero-order valence-corrected chi connectivity index (χ0v) is 30.2. The van der Waals surface area contributed by atoms with Crippen LogP contribution in [0.5, 0.6) is 11.5 Å². The third-order valence-corrected chi connectivity index (χ3v) is 10.5. The van der Waals surface area contributed by atoms with Crippen LogP contribution in [0.4, 0.5) is 0 Å². The summed E-state index contributed by atoms with van der Waals surface area (Å²) in [5.74, 6) is 2.39. The van der Waals surface area contributed by atoms with Crippen LogP contribution in [0.25, 0.3) is 71.8 Å². The Kier molecular flexibility index (Phi) is 6.86. The van der Waals surface area contributed by atoms with Crippen LogP contribution >= 0.6 is 0 Å². The van der Waals surface area contributed by atoms with Crippen LogP contribution < -0.4 is 9.30 Å². The van der Waals surface area contributed by atoms with Gasteiger partial charge in [0, 0.05) is 52.0 Å². The van der Waals surface area contributed by atoms with Gasteiger partial charge in [-0.1, -0.05) is 87.5 Å². The second-order valence-corrected chi connectivity index (χ2v) is 14.9. The van der Waals surface area contributed by atoms with Crippen LogP contribution in [0.15, 0.2) is 158 Å². The van der Waals surface area contributed by atoms with Crippen molar-refractivity contribution in [1.82, 2.24) is 18.7 Å². The molecular formula is C47H38N5O+. The normalized spacial score (nSPS) is 12.2. The minimum atomic E-state index is -0.00803. The van der Waals surface area contributed by atoms with E-state index in [-0.39, 0.29) is 5.41 Å². The minimum Gasteiger partial charge on any atom is -0.457 e. The number of nitrogens with zero attached hydrogens (tertiary/aromatic N) is 5. The summed E-state index contributed by atoms with van der Waals surface area (Å²) >= 11 is 0. The van der Waals surface area contributed by atoms with Gasteiger partial charge in [0.2, 0.25) is 6.33 Å². The smallest absolute Gasteiger partial charge is 0.249 e. The van der Waals surface area contributed by atoms with E-state index in [1.165, 1.54) is 21.7 Å². The summed E-state index contributed by atoms with van der Waals surface area (Å²) < 4.78 is 15.9.